The van der Waals surface area contributed by atoms with Crippen molar-refractivity contribution < 1.29 is 26.8 Å². The van der Waals surface area contributed by atoms with Gasteiger partial charge in [0, 0.05) is 27.5 Å². The van der Waals surface area contributed by atoms with E-state index in [-0.39, 0.29) is 39.7 Å². The van der Waals surface area contributed by atoms with Crippen molar-refractivity contribution in [2.45, 2.75) is 25.3 Å². The summed E-state index contributed by atoms with van der Waals surface area (Å²) in [6.45, 7) is 3.67. The van der Waals surface area contributed by atoms with E-state index in [9.17, 15) is 17.8 Å². The first-order valence-electron chi connectivity index (χ1n) is 12.8. The van der Waals surface area contributed by atoms with Crippen LogP contribution in [0.5, 0.6) is 0 Å². The fourth-order valence-electron chi connectivity index (χ4n) is 4.34. The molecule has 0 bridgehead atoms. The topological polar surface area (TPSA) is 102 Å². The van der Waals surface area contributed by atoms with E-state index in [1.807, 2.05) is 30.3 Å². The van der Waals surface area contributed by atoms with Crippen molar-refractivity contribution in [3.8, 4) is 0 Å². The summed E-state index contributed by atoms with van der Waals surface area (Å²) < 4.78 is 53.8. The van der Waals surface area contributed by atoms with Crippen LogP contribution in [0, 0.1) is 0 Å². The zero-order chi connectivity index (χ0) is 29.6. The predicted octanol–water partition coefficient (Wildman–Crippen LogP) is 7.50. The third kappa shape index (κ3) is 7.30. The molecule has 0 aromatic heterocycles. The fraction of sp³-hybridized carbons (Fsp3) is 0.207. The Labute approximate surface area is 249 Å². The summed E-state index contributed by atoms with van der Waals surface area (Å²) >= 11 is 12.3. The summed E-state index contributed by atoms with van der Waals surface area (Å²) in [6, 6.07) is 23.3. The van der Waals surface area contributed by atoms with Crippen molar-refractivity contribution in [2.24, 2.45) is 0 Å². The number of nitrogens with one attached hydrogen (secondary N) is 1. The number of hydrogen-bond acceptors (Lipinski definition) is 6. The van der Waals surface area contributed by atoms with Gasteiger partial charge < -0.3 is 14.4 Å². The fourth-order valence-corrected chi connectivity index (χ4v) is 8.74. The molecule has 0 aliphatic heterocycles. The molecule has 12 heteroatoms. The van der Waals surface area contributed by atoms with E-state index in [1.54, 1.807) is 50.2 Å². The van der Waals surface area contributed by atoms with Gasteiger partial charge in [0.25, 0.3) is 15.9 Å². The molecule has 0 unspecified atom stereocenters. The van der Waals surface area contributed by atoms with Crippen molar-refractivity contribution in [1.29, 1.82) is 0 Å². The highest BCUT2D eigenvalue weighted by molar-refractivity contribution is 7.93. The molecular weight excluding hydrogens is 606 g/mol. The Bertz CT molecular complexity index is 1670. The summed E-state index contributed by atoms with van der Waals surface area (Å²) in [5, 5.41) is 4.08. The minimum Gasteiger partial charge on any atom is -0.348 e. The van der Waals surface area contributed by atoms with Gasteiger partial charge >= 0.3 is 7.60 Å². The minimum absolute atomic E-state index is 0.0371. The SMILES string of the molecule is CCOP(=O)(CN(c1cccc2c(C(=O)NCc3ccccc3)cccc12)S(=O)(=O)c1cc(Cl)cc(Cl)c1)OCC. The maximum atomic E-state index is 14.1. The van der Waals surface area contributed by atoms with Crippen LogP contribution in [0.4, 0.5) is 5.69 Å². The molecule has 0 heterocycles. The number of anilines is 1. The maximum absolute atomic E-state index is 14.1. The van der Waals surface area contributed by atoms with E-state index in [4.69, 9.17) is 32.2 Å². The summed E-state index contributed by atoms with van der Waals surface area (Å²) in [4.78, 5) is 13.0. The first-order chi connectivity index (χ1) is 19.6. The van der Waals surface area contributed by atoms with Crippen molar-refractivity contribution in [2.75, 3.05) is 23.8 Å². The van der Waals surface area contributed by atoms with Gasteiger partial charge in [0.1, 0.15) is 6.29 Å². The number of nitrogens with zero attached hydrogens (tertiary/aromatic N) is 1. The van der Waals surface area contributed by atoms with Gasteiger partial charge in [-0.2, -0.15) is 0 Å². The Balaban J connectivity index is 1.84. The van der Waals surface area contributed by atoms with E-state index < -0.39 is 23.9 Å². The molecule has 8 nitrogen and oxygen atoms in total. The molecule has 0 saturated carbocycles. The highest BCUT2D eigenvalue weighted by Crippen LogP contribution is 2.51. The van der Waals surface area contributed by atoms with Crippen LogP contribution in [0.25, 0.3) is 10.8 Å². The largest absolute Gasteiger partial charge is 0.350 e. The lowest BCUT2D eigenvalue weighted by molar-refractivity contribution is 0.0952. The Hall–Kier alpha value is -2.91. The van der Waals surface area contributed by atoms with Gasteiger partial charge in [0.2, 0.25) is 0 Å². The summed E-state index contributed by atoms with van der Waals surface area (Å²) in [6.07, 6.45) is -0.620. The number of hydrogen-bond donors (Lipinski definition) is 1. The lowest BCUT2D eigenvalue weighted by atomic mass is 10.0. The van der Waals surface area contributed by atoms with E-state index in [2.05, 4.69) is 5.32 Å². The normalized spacial score (nSPS) is 11.9. The molecule has 41 heavy (non-hydrogen) atoms. The molecule has 0 spiro atoms. The second-order valence-electron chi connectivity index (χ2n) is 8.89. The van der Waals surface area contributed by atoms with Gasteiger partial charge in [-0.05, 0) is 55.1 Å². The van der Waals surface area contributed by atoms with Crippen LogP contribution in [0.15, 0.2) is 89.8 Å². The molecule has 4 aromatic rings. The second kappa shape index (κ2) is 13.4. The number of benzene rings is 4. The molecule has 1 amide bonds. The van der Waals surface area contributed by atoms with E-state index in [1.165, 1.54) is 18.2 Å². The van der Waals surface area contributed by atoms with Gasteiger partial charge in [0.15, 0.2) is 0 Å². The first kappa shape index (κ1) is 31.0. The van der Waals surface area contributed by atoms with Crippen LogP contribution in [0.1, 0.15) is 29.8 Å². The third-order valence-corrected chi connectivity index (χ3v) is 10.4. The van der Waals surface area contributed by atoms with Gasteiger partial charge in [-0.3, -0.25) is 13.7 Å². The first-order valence-corrected chi connectivity index (χ1v) is 16.7. The quantitative estimate of drug-likeness (QED) is 0.162. The molecule has 4 rings (SSSR count). The molecule has 0 aliphatic carbocycles. The standard InChI is InChI=1S/C29H29Cl2N2O6PS/c1-3-38-40(35,39-4-2)20-33(41(36,37)24-17-22(30)16-23(31)18-24)28-15-9-12-25-26(28)13-8-14-27(25)29(34)32-19-21-10-6-5-7-11-21/h5-18H,3-4,19-20H2,1-2H3,(H,32,34). The van der Waals surface area contributed by atoms with E-state index >= 15 is 0 Å². The number of halogens is 2. The maximum Gasteiger partial charge on any atom is 0.350 e. The van der Waals surface area contributed by atoms with Crippen molar-refractivity contribution in [3.05, 3.63) is 106 Å². The lowest BCUT2D eigenvalue weighted by Crippen LogP contribution is -2.33. The van der Waals surface area contributed by atoms with Crippen LogP contribution < -0.4 is 9.62 Å². The van der Waals surface area contributed by atoms with Crippen LogP contribution in [0.3, 0.4) is 0 Å². The Morgan fingerprint density at radius 3 is 2.10 bits per heavy atom. The number of carbonyl (C=O) groups excluding carboxylic acids is 1. The zero-order valence-electron chi connectivity index (χ0n) is 22.4. The number of sulfonamides is 1. The van der Waals surface area contributed by atoms with Crippen LogP contribution in [0.2, 0.25) is 10.0 Å². The average molecular weight is 636 g/mol. The smallest absolute Gasteiger partial charge is 0.348 e. The highest BCUT2D eigenvalue weighted by Gasteiger charge is 2.36. The molecule has 0 saturated heterocycles. The van der Waals surface area contributed by atoms with Gasteiger partial charge in [-0.15, -0.1) is 0 Å². The Morgan fingerprint density at radius 2 is 1.46 bits per heavy atom. The lowest BCUT2D eigenvalue weighted by Gasteiger charge is -2.29. The number of rotatable bonds is 12. The molecule has 0 radical (unpaired) electrons. The molecule has 0 fully saturated rings. The second-order valence-corrected chi connectivity index (χ2v) is 13.6. The minimum atomic E-state index is -4.41. The summed E-state index contributed by atoms with van der Waals surface area (Å²) in [5.41, 5.74) is 1.46. The van der Waals surface area contributed by atoms with Crippen molar-refractivity contribution in [1.82, 2.24) is 5.32 Å². The number of fused-ring (bicyclic) bond motifs is 1. The average Bonchev–Trinajstić information content (AvgIpc) is 2.94. The molecule has 1 N–H and O–H groups in total. The molecule has 4 aromatic carbocycles. The van der Waals surface area contributed by atoms with Gasteiger partial charge in [0.05, 0.1) is 23.8 Å². The van der Waals surface area contributed by atoms with Crippen LogP contribution in [-0.2, 0) is 30.2 Å². The van der Waals surface area contributed by atoms with Gasteiger partial charge in [-0.25, -0.2) is 8.42 Å². The van der Waals surface area contributed by atoms with E-state index in [0.29, 0.717) is 22.9 Å². The molecule has 216 valence electrons. The predicted molar refractivity (Wildman–Crippen MR) is 163 cm³/mol. The van der Waals surface area contributed by atoms with E-state index in [0.717, 1.165) is 9.87 Å². The number of carbonyl (C=O) groups is 1. The van der Waals surface area contributed by atoms with Crippen molar-refractivity contribution >= 4 is 63.2 Å². The van der Waals surface area contributed by atoms with Crippen molar-refractivity contribution in [3.63, 3.8) is 0 Å². The Morgan fingerprint density at radius 1 is 0.854 bits per heavy atom. The van der Waals surface area contributed by atoms with Crippen LogP contribution >= 0.6 is 30.8 Å². The van der Waals surface area contributed by atoms with Gasteiger partial charge in [-0.1, -0.05) is 77.8 Å². The summed E-state index contributed by atoms with van der Waals surface area (Å²) in [7, 11) is -8.34. The summed E-state index contributed by atoms with van der Waals surface area (Å²) in [5.74, 6) is -0.332. The third-order valence-electron chi connectivity index (χ3n) is 6.09. The Kier molecular flexibility index (Phi) is 10.1. The van der Waals surface area contributed by atoms with Crippen LogP contribution in [-0.4, -0.2) is 33.8 Å². The monoisotopic (exact) mass is 634 g/mol. The highest BCUT2D eigenvalue weighted by atomic mass is 35.5. The number of amides is 1. The molecular formula is C29H29Cl2N2O6PS. The molecule has 0 aliphatic rings. The zero-order valence-corrected chi connectivity index (χ0v) is 25.6. The molecule has 0 atom stereocenters.